The van der Waals surface area contributed by atoms with Crippen molar-refractivity contribution in [3.8, 4) is 0 Å². The molecule has 1 aromatic rings. The van der Waals surface area contributed by atoms with Gasteiger partial charge in [-0.05, 0) is 45.7 Å². The third-order valence-corrected chi connectivity index (χ3v) is 6.01. The fourth-order valence-corrected chi connectivity index (χ4v) is 4.82. The predicted octanol–water partition coefficient (Wildman–Crippen LogP) is 2.03. The van der Waals surface area contributed by atoms with Crippen LogP contribution in [0.25, 0.3) is 0 Å². The highest BCUT2D eigenvalue weighted by molar-refractivity contribution is 14.1. The Bertz CT molecular complexity index is 488. The summed E-state index contributed by atoms with van der Waals surface area (Å²) in [5, 5.41) is 13.9. The molecule has 23 heavy (non-hydrogen) atoms. The van der Waals surface area contributed by atoms with E-state index >= 15 is 0 Å². The van der Waals surface area contributed by atoms with Crippen molar-refractivity contribution in [2.45, 2.75) is 52.8 Å². The Morgan fingerprint density at radius 2 is 1.35 bits per heavy atom. The molecule has 0 amide bonds. The number of aromatic nitrogens is 3. The molecule has 0 aliphatic carbocycles. The van der Waals surface area contributed by atoms with Gasteiger partial charge in [0.05, 0.1) is 8.10 Å². The maximum Gasteiger partial charge on any atom is 0.227 e. The summed E-state index contributed by atoms with van der Waals surface area (Å²) in [5.41, 5.74) is 0. The lowest BCUT2D eigenvalue weighted by Gasteiger charge is -2.29. The molecular formula is C14H23I2N7. The number of halogens is 2. The quantitative estimate of drug-likeness (QED) is 0.263. The van der Waals surface area contributed by atoms with Crippen molar-refractivity contribution in [1.29, 1.82) is 0 Å². The van der Waals surface area contributed by atoms with Crippen LogP contribution in [-0.2, 0) is 0 Å². The SMILES string of the molecule is Cc1nc(NC2CCNC(I)C2)nc(NC2CCNC(I)C2)n1. The van der Waals surface area contributed by atoms with Gasteiger partial charge in [-0.1, -0.05) is 45.2 Å². The monoisotopic (exact) mass is 543 g/mol. The zero-order valence-electron chi connectivity index (χ0n) is 13.1. The first-order chi connectivity index (χ1) is 11.1. The minimum absolute atomic E-state index is 0.422. The molecule has 128 valence electrons. The Hall–Kier alpha value is -0.0100. The first-order valence-electron chi connectivity index (χ1n) is 8.09. The molecule has 3 heterocycles. The van der Waals surface area contributed by atoms with Gasteiger partial charge in [-0.3, -0.25) is 0 Å². The average Bonchev–Trinajstić information content (AvgIpc) is 2.46. The van der Waals surface area contributed by atoms with Crippen LogP contribution in [0.2, 0.25) is 0 Å². The lowest BCUT2D eigenvalue weighted by atomic mass is 10.1. The number of nitrogens with one attached hydrogen (secondary N) is 4. The Morgan fingerprint density at radius 1 is 0.870 bits per heavy atom. The molecule has 0 radical (unpaired) electrons. The van der Waals surface area contributed by atoms with E-state index in [9.17, 15) is 0 Å². The van der Waals surface area contributed by atoms with E-state index in [0.717, 1.165) is 44.6 Å². The van der Waals surface area contributed by atoms with Crippen molar-refractivity contribution < 1.29 is 0 Å². The fraction of sp³-hybridized carbons (Fsp3) is 0.786. The minimum atomic E-state index is 0.422. The van der Waals surface area contributed by atoms with E-state index in [1.54, 1.807) is 0 Å². The van der Waals surface area contributed by atoms with E-state index < -0.39 is 0 Å². The zero-order valence-corrected chi connectivity index (χ0v) is 17.5. The van der Waals surface area contributed by atoms with Crippen molar-refractivity contribution in [3.63, 3.8) is 0 Å². The van der Waals surface area contributed by atoms with Gasteiger partial charge in [-0.15, -0.1) is 0 Å². The number of aryl methyl sites for hydroxylation is 1. The largest absolute Gasteiger partial charge is 0.351 e. The maximum atomic E-state index is 4.58. The van der Waals surface area contributed by atoms with E-state index in [1.165, 1.54) is 0 Å². The second kappa shape index (κ2) is 8.39. The Kier molecular flexibility index (Phi) is 6.49. The van der Waals surface area contributed by atoms with Crippen LogP contribution in [0.1, 0.15) is 31.5 Å². The van der Waals surface area contributed by atoms with E-state index in [0.29, 0.717) is 32.1 Å². The van der Waals surface area contributed by atoms with Gasteiger partial charge in [-0.25, -0.2) is 0 Å². The van der Waals surface area contributed by atoms with Gasteiger partial charge in [0.15, 0.2) is 0 Å². The van der Waals surface area contributed by atoms with Gasteiger partial charge < -0.3 is 21.3 Å². The summed E-state index contributed by atoms with van der Waals surface area (Å²) in [5.74, 6) is 2.14. The van der Waals surface area contributed by atoms with Gasteiger partial charge in [0.1, 0.15) is 5.82 Å². The van der Waals surface area contributed by atoms with Crippen LogP contribution >= 0.6 is 45.2 Å². The molecule has 1 aromatic heterocycles. The van der Waals surface area contributed by atoms with E-state index in [2.05, 4.69) is 81.4 Å². The van der Waals surface area contributed by atoms with Crippen molar-refractivity contribution in [2.75, 3.05) is 23.7 Å². The number of hydrogen-bond donors (Lipinski definition) is 4. The molecule has 4 atom stereocenters. The summed E-state index contributed by atoms with van der Waals surface area (Å²) in [6, 6.07) is 0.843. The predicted molar refractivity (Wildman–Crippen MR) is 109 cm³/mol. The van der Waals surface area contributed by atoms with E-state index in [1.807, 2.05) is 6.92 Å². The molecule has 0 saturated carbocycles. The van der Waals surface area contributed by atoms with Crippen LogP contribution in [0.4, 0.5) is 11.9 Å². The maximum absolute atomic E-state index is 4.58. The molecule has 3 rings (SSSR count). The molecule has 7 nitrogen and oxygen atoms in total. The Balaban J connectivity index is 1.64. The smallest absolute Gasteiger partial charge is 0.227 e. The van der Waals surface area contributed by atoms with Gasteiger partial charge in [0.2, 0.25) is 11.9 Å². The third-order valence-electron chi connectivity index (χ3n) is 4.11. The molecule has 2 aliphatic heterocycles. The molecule has 4 unspecified atom stereocenters. The van der Waals surface area contributed by atoms with Gasteiger partial charge in [0, 0.05) is 12.1 Å². The molecule has 2 saturated heterocycles. The highest BCUT2D eigenvalue weighted by Gasteiger charge is 2.22. The molecule has 0 spiro atoms. The number of nitrogens with zero attached hydrogens (tertiary/aromatic N) is 3. The lowest BCUT2D eigenvalue weighted by Crippen LogP contribution is -2.40. The highest BCUT2D eigenvalue weighted by atomic mass is 127. The van der Waals surface area contributed by atoms with Crippen LogP contribution in [0.3, 0.4) is 0 Å². The van der Waals surface area contributed by atoms with E-state index in [-0.39, 0.29) is 0 Å². The summed E-state index contributed by atoms with van der Waals surface area (Å²) in [7, 11) is 0. The van der Waals surface area contributed by atoms with Crippen LogP contribution < -0.4 is 21.3 Å². The molecular weight excluding hydrogens is 520 g/mol. The number of anilines is 2. The first kappa shape index (κ1) is 17.8. The summed E-state index contributed by atoms with van der Waals surface area (Å²) in [4.78, 5) is 13.5. The minimum Gasteiger partial charge on any atom is -0.351 e. The van der Waals surface area contributed by atoms with Gasteiger partial charge in [-0.2, -0.15) is 15.0 Å². The second-order valence-electron chi connectivity index (χ2n) is 6.10. The molecule has 0 bridgehead atoms. The molecule has 0 aromatic carbocycles. The van der Waals surface area contributed by atoms with Gasteiger partial charge in [0.25, 0.3) is 0 Å². The van der Waals surface area contributed by atoms with Crippen LogP contribution in [-0.4, -0.2) is 48.2 Å². The van der Waals surface area contributed by atoms with Crippen molar-refractivity contribution in [1.82, 2.24) is 25.6 Å². The molecule has 2 aliphatic rings. The zero-order chi connectivity index (χ0) is 16.2. The standard InChI is InChI=1S/C14H23I2N7/c1-8-19-13(21-9-2-4-17-11(15)6-9)23-14(20-8)22-10-3-5-18-12(16)7-10/h9-12,17-18H,2-7H2,1H3,(H2,19,20,21,22,23). The van der Waals surface area contributed by atoms with Gasteiger partial charge >= 0.3 is 0 Å². The summed E-state index contributed by atoms with van der Waals surface area (Å²) in [6.45, 7) is 3.99. The number of rotatable bonds is 4. The van der Waals surface area contributed by atoms with E-state index in [4.69, 9.17) is 0 Å². The topological polar surface area (TPSA) is 86.8 Å². The molecule has 9 heteroatoms. The fourth-order valence-electron chi connectivity index (χ4n) is 2.97. The first-order valence-corrected chi connectivity index (χ1v) is 10.6. The van der Waals surface area contributed by atoms with Crippen molar-refractivity contribution >= 4 is 57.1 Å². The number of piperidine rings is 2. The van der Waals surface area contributed by atoms with Crippen LogP contribution in [0.15, 0.2) is 0 Å². The summed E-state index contributed by atoms with van der Waals surface area (Å²) in [6.07, 6.45) is 4.35. The normalized spacial score (nSPS) is 31.6. The van der Waals surface area contributed by atoms with Crippen LogP contribution in [0.5, 0.6) is 0 Å². The van der Waals surface area contributed by atoms with Crippen molar-refractivity contribution in [3.05, 3.63) is 5.82 Å². The third kappa shape index (κ3) is 5.49. The Labute approximate surface area is 164 Å². The van der Waals surface area contributed by atoms with Crippen molar-refractivity contribution in [2.24, 2.45) is 0 Å². The second-order valence-corrected chi connectivity index (χ2v) is 9.11. The summed E-state index contributed by atoms with van der Waals surface area (Å²) < 4.78 is 1.02. The Morgan fingerprint density at radius 3 is 1.78 bits per heavy atom. The summed E-state index contributed by atoms with van der Waals surface area (Å²) >= 11 is 4.89. The highest BCUT2D eigenvalue weighted by Crippen LogP contribution is 2.19. The molecule has 2 fully saturated rings. The molecule has 4 N–H and O–H groups in total. The number of alkyl halides is 2. The van der Waals surface area contributed by atoms with Crippen LogP contribution in [0, 0.1) is 6.92 Å². The number of hydrogen-bond acceptors (Lipinski definition) is 7. The lowest BCUT2D eigenvalue weighted by molar-refractivity contribution is 0.461. The average molecular weight is 543 g/mol.